The second kappa shape index (κ2) is 9.28. The minimum absolute atomic E-state index is 0.0482. The van der Waals surface area contributed by atoms with E-state index in [1.807, 2.05) is 39.8 Å². The third kappa shape index (κ3) is 7.53. The fourth-order valence-corrected chi connectivity index (χ4v) is 2.47. The van der Waals surface area contributed by atoms with Crippen LogP contribution in [0, 0.1) is 0 Å². The third-order valence-corrected chi connectivity index (χ3v) is 3.72. The van der Waals surface area contributed by atoms with Crippen LogP contribution in [0.3, 0.4) is 0 Å². The van der Waals surface area contributed by atoms with Crippen molar-refractivity contribution in [1.29, 1.82) is 0 Å². The molecule has 0 spiro atoms. The summed E-state index contributed by atoms with van der Waals surface area (Å²) in [7, 11) is 0. The largest absolute Gasteiger partial charge is 0.490 e. The molecule has 1 aromatic carbocycles. The molecule has 2 N–H and O–H groups in total. The van der Waals surface area contributed by atoms with Crippen LogP contribution in [-0.2, 0) is 11.3 Å². The molecule has 0 aliphatic heterocycles. The molecular weight excluding hydrogens is 372 g/mol. The Hall–Kier alpha value is -1.27. The molecule has 0 saturated heterocycles. The summed E-state index contributed by atoms with van der Waals surface area (Å²) in [5, 5.41) is 6.25. The molecule has 1 rings (SSSR count). The molecule has 6 heteroatoms. The Labute approximate surface area is 153 Å². The van der Waals surface area contributed by atoms with Crippen LogP contribution < -0.4 is 20.1 Å². The minimum atomic E-state index is -0.282. The summed E-state index contributed by atoms with van der Waals surface area (Å²) in [5.41, 5.74) is 0.800. The zero-order valence-corrected chi connectivity index (χ0v) is 17.0. The molecular formula is C18H29BrN2O3. The highest BCUT2D eigenvalue weighted by atomic mass is 79.9. The molecule has 0 aliphatic carbocycles. The third-order valence-electron chi connectivity index (χ3n) is 2.99. The number of benzene rings is 1. The number of ether oxygens (including phenoxy) is 2. The van der Waals surface area contributed by atoms with Crippen molar-refractivity contribution in [3.63, 3.8) is 0 Å². The number of nitrogens with one attached hydrogen (secondary N) is 2. The molecule has 0 heterocycles. The van der Waals surface area contributed by atoms with Crippen LogP contribution in [0.15, 0.2) is 16.6 Å². The smallest absolute Gasteiger partial charge is 0.258 e. The first-order valence-electron chi connectivity index (χ1n) is 8.24. The molecule has 1 amide bonds. The highest BCUT2D eigenvalue weighted by Gasteiger charge is 2.16. The van der Waals surface area contributed by atoms with Gasteiger partial charge < -0.3 is 20.1 Å². The van der Waals surface area contributed by atoms with E-state index in [2.05, 4.69) is 40.4 Å². The lowest BCUT2D eigenvalue weighted by Gasteiger charge is -2.21. The van der Waals surface area contributed by atoms with Crippen LogP contribution in [0.2, 0.25) is 0 Å². The van der Waals surface area contributed by atoms with Crippen molar-refractivity contribution in [2.75, 3.05) is 13.2 Å². The van der Waals surface area contributed by atoms with Gasteiger partial charge in [0, 0.05) is 22.6 Å². The summed E-state index contributed by atoms with van der Waals surface area (Å²) < 4.78 is 12.3. The fraction of sp³-hybridized carbons (Fsp3) is 0.611. The number of amides is 1. The second-order valence-corrected chi connectivity index (χ2v) is 7.80. The van der Waals surface area contributed by atoms with Gasteiger partial charge in [-0.25, -0.2) is 0 Å². The van der Waals surface area contributed by atoms with Crippen molar-refractivity contribution < 1.29 is 14.3 Å². The van der Waals surface area contributed by atoms with Crippen molar-refractivity contribution in [3.05, 3.63) is 22.2 Å². The van der Waals surface area contributed by atoms with Crippen LogP contribution >= 0.6 is 15.9 Å². The Morgan fingerprint density at radius 1 is 1.21 bits per heavy atom. The predicted octanol–water partition coefficient (Wildman–Crippen LogP) is 3.64. The van der Waals surface area contributed by atoms with Gasteiger partial charge in [-0.1, -0.05) is 29.8 Å². The molecule has 0 fully saturated rings. The number of carbonyl (C=O) groups is 1. The Bertz CT molecular complexity index is 554. The van der Waals surface area contributed by atoms with Gasteiger partial charge in [-0.2, -0.15) is 0 Å². The number of hydrogen-bond acceptors (Lipinski definition) is 4. The first-order valence-corrected chi connectivity index (χ1v) is 9.04. The van der Waals surface area contributed by atoms with Gasteiger partial charge in [-0.05, 0) is 45.4 Å². The monoisotopic (exact) mass is 400 g/mol. The van der Waals surface area contributed by atoms with E-state index in [0.29, 0.717) is 24.1 Å². The fourth-order valence-electron chi connectivity index (χ4n) is 2.01. The molecule has 0 bridgehead atoms. The highest BCUT2D eigenvalue weighted by molar-refractivity contribution is 9.10. The lowest BCUT2D eigenvalue weighted by molar-refractivity contribution is -0.124. The van der Waals surface area contributed by atoms with Crippen LogP contribution in [0.4, 0.5) is 0 Å². The van der Waals surface area contributed by atoms with Crippen LogP contribution in [-0.4, -0.2) is 30.7 Å². The standard InChI is InChI=1S/C18H29BrN2O3/c1-7-23-15-8-13(10-20-12(2)3)14(19)9-16(15)24-11-17(22)21-18(4,5)6/h8-9,12,20H,7,10-11H2,1-6H3,(H,21,22). The maximum absolute atomic E-state index is 11.9. The maximum Gasteiger partial charge on any atom is 0.258 e. The Morgan fingerprint density at radius 3 is 2.38 bits per heavy atom. The topological polar surface area (TPSA) is 59.6 Å². The van der Waals surface area contributed by atoms with Gasteiger partial charge in [0.05, 0.1) is 6.61 Å². The molecule has 5 nitrogen and oxygen atoms in total. The highest BCUT2D eigenvalue weighted by Crippen LogP contribution is 2.34. The van der Waals surface area contributed by atoms with Crippen molar-refractivity contribution in [2.24, 2.45) is 0 Å². The van der Waals surface area contributed by atoms with Gasteiger partial charge in [0.25, 0.3) is 5.91 Å². The second-order valence-electron chi connectivity index (χ2n) is 6.95. The zero-order valence-electron chi connectivity index (χ0n) is 15.5. The summed E-state index contributed by atoms with van der Waals surface area (Å²) >= 11 is 3.56. The van der Waals surface area contributed by atoms with E-state index in [0.717, 1.165) is 16.6 Å². The van der Waals surface area contributed by atoms with Crippen LogP contribution in [0.5, 0.6) is 11.5 Å². The molecule has 0 aromatic heterocycles. The van der Waals surface area contributed by atoms with E-state index in [1.54, 1.807) is 0 Å². The molecule has 0 atom stereocenters. The van der Waals surface area contributed by atoms with Gasteiger partial charge in [0.1, 0.15) is 0 Å². The van der Waals surface area contributed by atoms with Crippen molar-refractivity contribution in [1.82, 2.24) is 10.6 Å². The van der Waals surface area contributed by atoms with Gasteiger partial charge >= 0.3 is 0 Å². The van der Waals surface area contributed by atoms with Crippen molar-refractivity contribution >= 4 is 21.8 Å². The van der Waals surface area contributed by atoms with Crippen LogP contribution in [0.25, 0.3) is 0 Å². The lowest BCUT2D eigenvalue weighted by Crippen LogP contribution is -2.43. The molecule has 1 aromatic rings. The van der Waals surface area contributed by atoms with E-state index >= 15 is 0 Å². The number of carbonyl (C=O) groups excluding carboxylic acids is 1. The van der Waals surface area contributed by atoms with E-state index in [1.165, 1.54) is 0 Å². The van der Waals surface area contributed by atoms with Crippen LogP contribution in [0.1, 0.15) is 47.1 Å². The summed E-state index contributed by atoms with van der Waals surface area (Å²) in [6, 6.07) is 4.19. The Kier molecular flexibility index (Phi) is 8.03. The summed E-state index contributed by atoms with van der Waals surface area (Å²) in [4.78, 5) is 11.9. The minimum Gasteiger partial charge on any atom is -0.490 e. The lowest BCUT2D eigenvalue weighted by atomic mass is 10.1. The predicted molar refractivity (Wildman–Crippen MR) is 101 cm³/mol. The summed E-state index contributed by atoms with van der Waals surface area (Å²) in [6.45, 7) is 13.1. The average Bonchev–Trinajstić information content (AvgIpc) is 2.44. The van der Waals surface area contributed by atoms with Gasteiger partial charge in [-0.15, -0.1) is 0 Å². The SMILES string of the molecule is CCOc1cc(CNC(C)C)c(Br)cc1OCC(=O)NC(C)(C)C. The quantitative estimate of drug-likeness (QED) is 0.699. The summed E-state index contributed by atoms with van der Waals surface area (Å²) in [6.07, 6.45) is 0. The van der Waals surface area contributed by atoms with Gasteiger partial charge in [0.15, 0.2) is 18.1 Å². The molecule has 24 heavy (non-hydrogen) atoms. The first kappa shape index (κ1) is 20.8. The molecule has 0 saturated carbocycles. The maximum atomic E-state index is 11.9. The Morgan fingerprint density at radius 2 is 1.83 bits per heavy atom. The van der Waals surface area contributed by atoms with Gasteiger partial charge in [-0.3, -0.25) is 4.79 Å². The van der Waals surface area contributed by atoms with Crippen molar-refractivity contribution in [3.8, 4) is 11.5 Å². The number of rotatable bonds is 8. The molecule has 0 unspecified atom stereocenters. The molecule has 136 valence electrons. The molecule has 0 radical (unpaired) electrons. The van der Waals surface area contributed by atoms with Gasteiger partial charge in [0.2, 0.25) is 0 Å². The number of hydrogen-bond donors (Lipinski definition) is 2. The Balaban J connectivity index is 2.85. The van der Waals surface area contributed by atoms with Crippen molar-refractivity contribution in [2.45, 2.75) is 59.7 Å². The van der Waals surface area contributed by atoms with E-state index in [9.17, 15) is 4.79 Å². The van der Waals surface area contributed by atoms with E-state index < -0.39 is 0 Å². The van der Waals surface area contributed by atoms with E-state index in [-0.39, 0.29) is 18.1 Å². The average molecular weight is 401 g/mol. The number of halogens is 1. The zero-order chi connectivity index (χ0) is 18.3. The molecule has 0 aliphatic rings. The first-order chi connectivity index (χ1) is 11.1. The normalized spacial score (nSPS) is 11.5. The summed E-state index contributed by atoms with van der Waals surface area (Å²) in [5.74, 6) is 1.04. The van der Waals surface area contributed by atoms with E-state index in [4.69, 9.17) is 9.47 Å².